The minimum atomic E-state index is 0.144. The second kappa shape index (κ2) is 4.19. The van der Waals surface area contributed by atoms with Crippen LogP contribution < -0.4 is 0 Å². The van der Waals surface area contributed by atoms with Crippen LogP contribution in [-0.2, 0) is 11.2 Å². The standard InChI is InChI=1S/C9H11BrOS/c1-6(2)8(11)5-7-3-4-9(10)12-7/h3-4,6H,5H2,1-2H3. The van der Waals surface area contributed by atoms with Crippen LogP contribution in [0.15, 0.2) is 15.9 Å². The summed E-state index contributed by atoms with van der Waals surface area (Å²) in [6.07, 6.45) is 0.577. The Morgan fingerprint density at radius 3 is 2.67 bits per heavy atom. The number of rotatable bonds is 3. The first-order valence-electron chi connectivity index (χ1n) is 3.86. The van der Waals surface area contributed by atoms with Gasteiger partial charge in [-0.3, -0.25) is 4.79 Å². The highest BCUT2D eigenvalue weighted by Crippen LogP contribution is 2.23. The van der Waals surface area contributed by atoms with Crippen LogP contribution in [0.1, 0.15) is 18.7 Å². The van der Waals surface area contributed by atoms with Gasteiger partial charge >= 0.3 is 0 Å². The van der Waals surface area contributed by atoms with Gasteiger partial charge in [0, 0.05) is 17.2 Å². The van der Waals surface area contributed by atoms with Gasteiger partial charge < -0.3 is 0 Å². The van der Waals surface area contributed by atoms with Gasteiger partial charge in [0.15, 0.2) is 0 Å². The summed E-state index contributed by atoms with van der Waals surface area (Å²) < 4.78 is 1.09. The van der Waals surface area contributed by atoms with E-state index in [-0.39, 0.29) is 5.92 Å². The smallest absolute Gasteiger partial charge is 0.140 e. The fourth-order valence-electron chi connectivity index (χ4n) is 0.823. The van der Waals surface area contributed by atoms with Gasteiger partial charge in [-0.25, -0.2) is 0 Å². The van der Waals surface area contributed by atoms with Crippen LogP contribution in [0.25, 0.3) is 0 Å². The van der Waals surface area contributed by atoms with E-state index in [9.17, 15) is 4.79 Å². The number of thiophene rings is 1. The third-order valence-corrected chi connectivity index (χ3v) is 3.24. The van der Waals surface area contributed by atoms with Crippen molar-refractivity contribution in [2.75, 3.05) is 0 Å². The quantitative estimate of drug-likeness (QED) is 0.801. The number of ketones is 1. The van der Waals surface area contributed by atoms with E-state index >= 15 is 0 Å². The van der Waals surface area contributed by atoms with Gasteiger partial charge in [0.25, 0.3) is 0 Å². The van der Waals surface area contributed by atoms with Crippen molar-refractivity contribution in [2.24, 2.45) is 5.92 Å². The average Bonchev–Trinajstić information content (AvgIpc) is 2.35. The number of carbonyl (C=O) groups excluding carboxylic acids is 1. The summed E-state index contributed by atoms with van der Waals surface area (Å²) in [6, 6.07) is 3.97. The molecular formula is C9H11BrOS. The molecular weight excluding hydrogens is 236 g/mol. The molecule has 0 aliphatic rings. The van der Waals surface area contributed by atoms with Gasteiger partial charge in [0.1, 0.15) is 5.78 Å². The summed E-state index contributed by atoms with van der Waals surface area (Å²) in [5, 5.41) is 0. The van der Waals surface area contributed by atoms with Gasteiger partial charge in [-0.2, -0.15) is 0 Å². The van der Waals surface area contributed by atoms with E-state index in [2.05, 4.69) is 15.9 Å². The number of carbonyl (C=O) groups is 1. The highest BCUT2D eigenvalue weighted by Gasteiger charge is 2.09. The molecule has 1 aromatic heterocycles. The zero-order chi connectivity index (χ0) is 9.14. The molecule has 0 aliphatic heterocycles. The molecule has 0 saturated carbocycles. The van der Waals surface area contributed by atoms with Crippen molar-refractivity contribution < 1.29 is 4.79 Å². The molecule has 0 saturated heterocycles. The highest BCUT2D eigenvalue weighted by atomic mass is 79.9. The maximum Gasteiger partial charge on any atom is 0.140 e. The lowest BCUT2D eigenvalue weighted by molar-refractivity contribution is -0.121. The van der Waals surface area contributed by atoms with Crippen LogP contribution in [-0.4, -0.2) is 5.78 Å². The Morgan fingerprint density at radius 1 is 1.58 bits per heavy atom. The maximum absolute atomic E-state index is 11.3. The normalized spacial score (nSPS) is 10.7. The third kappa shape index (κ3) is 2.72. The Kier molecular flexibility index (Phi) is 3.47. The van der Waals surface area contributed by atoms with Crippen LogP contribution in [0.2, 0.25) is 0 Å². The Morgan fingerprint density at radius 2 is 2.25 bits per heavy atom. The molecule has 3 heteroatoms. The largest absolute Gasteiger partial charge is 0.299 e. The van der Waals surface area contributed by atoms with Crippen molar-refractivity contribution in [3.63, 3.8) is 0 Å². The molecule has 0 aliphatic carbocycles. The summed E-state index contributed by atoms with van der Waals surface area (Å²) in [5.74, 6) is 0.454. The predicted octanol–water partition coefficient (Wildman–Crippen LogP) is 3.28. The van der Waals surface area contributed by atoms with Crippen LogP contribution in [0.3, 0.4) is 0 Å². The number of hydrogen-bond donors (Lipinski definition) is 0. The lowest BCUT2D eigenvalue weighted by Crippen LogP contribution is -2.08. The Hall–Kier alpha value is -0.150. The first-order valence-corrected chi connectivity index (χ1v) is 5.47. The predicted molar refractivity (Wildman–Crippen MR) is 55.6 cm³/mol. The average molecular weight is 247 g/mol. The fourth-order valence-corrected chi connectivity index (χ4v) is 2.32. The second-order valence-corrected chi connectivity index (χ2v) is 5.55. The molecule has 0 aromatic carbocycles. The molecule has 66 valence electrons. The molecule has 0 bridgehead atoms. The monoisotopic (exact) mass is 246 g/mol. The molecule has 0 atom stereocenters. The summed E-state index contributed by atoms with van der Waals surface area (Å²) >= 11 is 5.00. The van der Waals surface area contributed by atoms with Crippen molar-refractivity contribution in [3.05, 3.63) is 20.8 Å². The van der Waals surface area contributed by atoms with E-state index < -0.39 is 0 Å². The third-order valence-electron chi connectivity index (χ3n) is 1.62. The van der Waals surface area contributed by atoms with Crippen molar-refractivity contribution in [2.45, 2.75) is 20.3 Å². The molecule has 0 N–H and O–H groups in total. The van der Waals surface area contributed by atoms with Gasteiger partial charge in [-0.05, 0) is 28.1 Å². The molecule has 1 heterocycles. The van der Waals surface area contributed by atoms with Crippen LogP contribution >= 0.6 is 27.3 Å². The van der Waals surface area contributed by atoms with E-state index in [0.29, 0.717) is 12.2 Å². The molecule has 0 amide bonds. The SMILES string of the molecule is CC(C)C(=O)Cc1ccc(Br)s1. The molecule has 0 fully saturated rings. The molecule has 12 heavy (non-hydrogen) atoms. The lowest BCUT2D eigenvalue weighted by Gasteiger charge is -2.00. The Balaban J connectivity index is 2.58. The number of hydrogen-bond acceptors (Lipinski definition) is 2. The first kappa shape index (κ1) is 9.93. The minimum Gasteiger partial charge on any atom is -0.299 e. The highest BCUT2D eigenvalue weighted by molar-refractivity contribution is 9.11. The van der Waals surface area contributed by atoms with Gasteiger partial charge in [-0.1, -0.05) is 13.8 Å². The van der Waals surface area contributed by atoms with E-state index in [1.165, 1.54) is 0 Å². The van der Waals surface area contributed by atoms with E-state index in [1.807, 2.05) is 26.0 Å². The van der Waals surface area contributed by atoms with Gasteiger partial charge in [0.2, 0.25) is 0 Å². The number of halogens is 1. The molecule has 0 radical (unpaired) electrons. The van der Waals surface area contributed by atoms with Crippen LogP contribution in [0, 0.1) is 5.92 Å². The summed E-state index contributed by atoms with van der Waals surface area (Å²) in [6.45, 7) is 3.87. The van der Waals surface area contributed by atoms with Crippen molar-refractivity contribution >= 4 is 33.0 Å². The Bertz CT molecular complexity index is 278. The van der Waals surface area contributed by atoms with E-state index in [1.54, 1.807) is 11.3 Å². The molecule has 1 nitrogen and oxygen atoms in total. The summed E-state index contributed by atoms with van der Waals surface area (Å²) in [5.41, 5.74) is 0. The van der Waals surface area contributed by atoms with Gasteiger partial charge in [-0.15, -0.1) is 11.3 Å². The zero-order valence-corrected chi connectivity index (χ0v) is 9.54. The van der Waals surface area contributed by atoms with Crippen molar-refractivity contribution in [1.82, 2.24) is 0 Å². The number of Topliss-reactive ketones (excluding diaryl/α,β-unsaturated/α-hetero) is 1. The molecule has 1 rings (SSSR count). The second-order valence-electron chi connectivity index (χ2n) is 3.00. The van der Waals surface area contributed by atoms with Crippen molar-refractivity contribution in [3.8, 4) is 0 Å². The summed E-state index contributed by atoms with van der Waals surface area (Å²) in [7, 11) is 0. The zero-order valence-electron chi connectivity index (χ0n) is 7.13. The molecule has 0 spiro atoms. The lowest BCUT2D eigenvalue weighted by atomic mass is 10.1. The Labute approximate surface area is 84.9 Å². The topological polar surface area (TPSA) is 17.1 Å². The summed E-state index contributed by atoms with van der Waals surface area (Å²) in [4.78, 5) is 12.5. The van der Waals surface area contributed by atoms with E-state index in [4.69, 9.17) is 0 Å². The molecule has 1 aromatic rings. The van der Waals surface area contributed by atoms with Gasteiger partial charge in [0.05, 0.1) is 3.79 Å². The van der Waals surface area contributed by atoms with Crippen LogP contribution in [0.5, 0.6) is 0 Å². The molecule has 0 unspecified atom stereocenters. The fraction of sp³-hybridized carbons (Fsp3) is 0.444. The van der Waals surface area contributed by atoms with Crippen LogP contribution in [0.4, 0.5) is 0 Å². The maximum atomic E-state index is 11.3. The van der Waals surface area contributed by atoms with Crippen molar-refractivity contribution in [1.29, 1.82) is 0 Å². The van der Waals surface area contributed by atoms with E-state index in [0.717, 1.165) is 8.66 Å². The minimum absolute atomic E-state index is 0.144. The first-order chi connectivity index (χ1) is 5.59.